The second kappa shape index (κ2) is 9.22. The Labute approximate surface area is 188 Å². The van der Waals surface area contributed by atoms with E-state index in [4.69, 9.17) is 9.97 Å². The van der Waals surface area contributed by atoms with Crippen LogP contribution in [0.5, 0.6) is 0 Å². The van der Waals surface area contributed by atoms with Crippen LogP contribution in [0, 0.1) is 11.7 Å². The molecule has 1 N–H and O–H groups in total. The molecule has 1 aromatic heterocycles. The van der Waals surface area contributed by atoms with Crippen LogP contribution in [0.15, 0.2) is 30.3 Å². The third kappa shape index (κ3) is 4.59. The predicted octanol–water partition coefficient (Wildman–Crippen LogP) is 3.54. The van der Waals surface area contributed by atoms with Crippen molar-refractivity contribution in [3.8, 4) is 0 Å². The molecule has 2 aliphatic heterocycles. The van der Waals surface area contributed by atoms with Crippen molar-refractivity contribution < 1.29 is 14.0 Å². The van der Waals surface area contributed by atoms with Gasteiger partial charge in [0.1, 0.15) is 17.5 Å². The molecule has 2 aliphatic rings. The lowest BCUT2D eigenvalue weighted by atomic mass is 9.94. The van der Waals surface area contributed by atoms with Gasteiger partial charge in [-0.1, -0.05) is 13.8 Å². The fourth-order valence-electron chi connectivity index (χ4n) is 4.50. The molecule has 1 unspecified atom stereocenters. The minimum absolute atomic E-state index is 0.00554. The van der Waals surface area contributed by atoms with Gasteiger partial charge in [-0.3, -0.25) is 9.59 Å². The summed E-state index contributed by atoms with van der Waals surface area (Å²) in [5, 5.41) is 3.12. The topological polar surface area (TPSA) is 78.4 Å². The molecule has 4 rings (SSSR count). The Balaban J connectivity index is 1.51. The van der Waals surface area contributed by atoms with Crippen molar-refractivity contribution in [2.75, 3.05) is 36.9 Å². The van der Waals surface area contributed by atoms with Gasteiger partial charge in [0.2, 0.25) is 11.8 Å². The number of carbonyl (C=O) groups is 2. The smallest absolute Gasteiger partial charge is 0.227 e. The van der Waals surface area contributed by atoms with Gasteiger partial charge in [-0.25, -0.2) is 14.4 Å². The van der Waals surface area contributed by atoms with Crippen molar-refractivity contribution in [1.82, 2.24) is 14.9 Å². The lowest BCUT2D eigenvalue weighted by Gasteiger charge is -2.32. The number of nitrogens with one attached hydrogen (secondary N) is 1. The molecule has 7 nitrogen and oxygen atoms in total. The summed E-state index contributed by atoms with van der Waals surface area (Å²) in [5.74, 6) is 1.53. The van der Waals surface area contributed by atoms with Gasteiger partial charge >= 0.3 is 0 Å². The SMILES string of the molecule is CNc1cc(C2CC(=O)N(c3ccc(F)cc3)C2)nc(C2CCN(C(=O)C(C)C)CC2)n1. The summed E-state index contributed by atoms with van der Waals surface area (Å²) in [6.45, 7) is 5.79. The number of anilines is 2. The molecule has 8 heteroatoms. The highest BCUT2D eigenvalue weighted by Crippen LogP contribution is 2.34. The quantitative estimate of drug-likeness (QED) is 0.771. The summed E-state index contributed by atoms with van der Waals surface area (Å²) in [7, 11) is 1.82. The van der Waals surface area contributed by atoms with E-state index in [0.29, 0.717) is 31.7 Å². The summed E-state index contributed by atoms with van der Waals surface area (Å²) in [6.07, 6.45) is 2.02. The minimum Gasteiger partial charge on any atom is -0.373 e. The van der Waals surface area contributed by atoms with E-state index in [9.17, 15) is 14.0 Å². The lowest BCUT2D eigenvalue weighted by molar-refractivity contribution is -0.135. The molecule has 3 heterocycles. The van der Waals surface area contributed by atoms with Gasteiger partial charge in [0.15, 0.2) is 0 Å². The Morgan fingerprint density at radius 1 is 1.12 bits per heavy atom. The number of hydrogen-bond acceptors (Lipinski definition) is 5. The maximum atomic E-state index is 13.3. The van der Waals surface area contributed by atoms with Crippen LogP contribution in [0.3, 0.4) is 0 Å². The zero-order chi connectivity index (χ0) is 22.8. The van der Waals surface area contributed by atoms with Gasteiger partial charge in [0.25, 0.3) is 0 Å². The summed E-state index contributed by atoms with van der Waals surface area (Å²) in [4.78, 5) is 38.2. The highest BCUT2D eigenvalue weighted by molar-refractivity contribution is 5.96. The monoisotopic (exact) mass is 439 g/mol. The van der Waals surface area contributed by atoms with Crippen molar-refractivity contribution in [2.24, 2.45) is 5.92 Å². The Morgan fingerprint density at radius 3 is 2.44 bits per heavy atom. The van der Waals surface area contributed by atoms with Crippen LogP contribution in [-0.2, 0) is 9.59 Å². The summed E-state index contributed by atoms with van der Waals surface area (Å²) < 4.78 is 13.3. The van der Waals surface area contributed by atoms with Crippen molar-refractivity contribution in [2.45, 2.75) is 44.9 Å². The van der Waals surface area contributed by atoms with Crippen molar-refractivity contribution in [1.29, 1.82) is 0 Å². The number of amides is 2. The van der Waals surface area contributed by atoms with Crippen molar-refractivity contribution in [3.63, 3.8) is 0 Å². The number of rotatable bonds is 5. The Bertz CT molecular complexity index is 986. The lowest BCUT2D eigenvalue weighted by Crippen LogP contribution is -2.40. The fraction of sp³-hybridized carbons (Fsp3) is 0.500. The number of hydrogen-bond donors (Lipinski definition) is 1. The van der Waals surface area contributed by atoms with Crippen LogP contribution in [0.25, 0.3) is 0 Å². The first kappa shape index (κ1) is 22.2. The Morgan fingerprint density at radius 2 is 1.81 bits per heavy atom. The second-order valence-electron chi connectivity index (χ2n) is 8.92. The number of nitrogens with zero attached hydrogens (tertiary/aromatic N) is 4. The third-order valence-corrected chi connectivity index (χ3v) is 6.37. The highest BCUT2D eigenvalue weighted by atomic mass is 19.1. The predicted molar refractivity (Wildman–Crippen MR) is 121 cm³/mol. The van der Waals surface area contributed by atoms with E-state index in [0.717, 1.165) is 30.2 Å². The van der Waals surface area contributed by atoms with Gasteiger partial charge in [-0.05, 0) is 37.1 Å². The average molecular weight is 440 g/mol. The van der Waals surface area contributed by atoms with Gasteiger partial charge in [0, 0.05) is 62.6 Å². The molecule has 2 amide bonds. The van der Waals surface area contributed by atoms with Crippen LogP contribution in [0.2, 0.25) is 0 Å². The van der Waals surface area contributed by atoms with Gasteiger partial charge in [0.05, 0.1) is 5.69 Å². The van der Waals surface area contributed by atoms with E-state index < -0.39 is 0 Å². The molecule has 0 radical (unpaired) electrons. The van der Waals surface area contributed by atoms with Crippen LogP contribution >= 0.6 is 0 Å². The van der Waals surface area contributed by atoms with E-state index in [1.54, 1.807) is 17.0 Å². The number of aromatic nitrogens is 2. The van der Waals surface area contributed by atoms with E-state index >= 15 is 0 Å². The van der Waals surface area contributed by atoms with E-state index in [1.807, 2.05) is 31.9 Å². The highest BCUT2D eigenvalue weighted by Gasteiger charge is 2.34. The summed E-state index contributed by atoms with van der Waals surface area (Å²) >= 11 is 0. The fourth-order valence-corrected chi connectivity index (χ4v) is 4.50. The largest absolute Gasteiger partial charge is 0.373 e. The molecule has 0 aliphatic carbocycles. The number of benzene rings is 1. The van der Waals surface area contributed by atoms with Crippen LogP contribution < -0.4 is 10.2 Å². The second-order valence-corrected chi connectivity index (χ2v) is 8.92. The zero-order valence-corrected chi connectivity index (χ0v) is 18.8. The van der Waals surface area contributed by atoms with E-state index in [1.165, 1.54) is 12.1 Å². The molecular formula is C24H30FN5O2. The number of halogens is 1. The Kier molecular flexibility index (Phi) is 6.39. The van der Waals surface area contributed by atoms with Gasteiger partial charge in [-0.15, -0.1) is 0 Å². The maximum absolute atomic E-state index is 13.3. The number of likely N-dealkylation sites (tertiary alicyclic amines) is 1. The normalized spacial score (nSPS) is 19.7. The van der Waals surface area contributed by atoms with Crippen LogP contribution in [0.1, 0.15) is 56.5 Å². The van der Waals surface area contributed by atoms with E-state index in [-0.39, 0.29) is 35.4 Å². The minimum atomic E-state index is -0.322. The maximum Gasteiger partial charge on any atom is 0.227 e. The molecule has 32 heavy (non-hydrogen) atoms. The van der Waals surface area contributed by atoms with Gasteiger partial charge in [-0.2, -0.15) is 0 Å². The molecule has 1 atom stereocenters. The molecule has 0 saturated carbocycles. The first-order valence-electron chi connectivity index (χ1n) is 11.3. The van der Waals surface area contributed by atoms with Crippen LogP contribution in [-0.4, -0.2) is 53.4 Å². The number of piperidine rings is 1. The number of carbonyl (C=O) groups excluding carboxylic acids is 2. The molecule has 2 aromatic rings. The third-order valence-electron chi connectivity index (χ3n) is 6.37. The zero-order valence-electron chi connectivity index (χ0n) is 18.8. The molecule has 1 aromatic carbocycles. The van der Waals surface area contributed by atoms with E-state index in [2.05, 4.69) is 5.32 Å². The molecule has 2 fully saturated rings. The molecule has 170 valence electrons. The summed E-state index contributed by atoms with van der Waals surface area (Å²) in [5.41, 5.74) is 1.54. The first-order chi connectivity index (χ1) is 15.4. The molecule has 0 spiro atoms. The average Bonchev–Trinajstić information content (AvgIpc) is 3.20. The first-order valence-corrected chi connectivity index (χ1v) is 11.3. The molecule has 0 bridgehead atoms. The summed E-state index contributed by atoms with van der Waals surface area (Å²) in [6, 6.07) is 7.91. The van der Waals surface area contributed by atoms with Crippen molar-refractivity contribution in [3.05, 3.63) is 47.7 Å². The Hall–Kier alpha value is -3.03. The van der Waals surface area contributed by atoms with Crippen molar-refractivity contribution >= 4 is 23.3 Å². The molecular weight excluding hydrogens is 409 g/mol. The standard InChI is InChI=1S/C24H30FN5O2/c1-15(2)24(32)29-10-8-16(9-11-29)23-27-20(13-21(26-3)28-23)17-12-22(31)30(14-17)19-6-4-18(25)5-7-19/h4-7,13,15-17H,8-12,14H2,1-3H3,(H,26,27,28). The van der Waals surface area contributed by atoms with Crippen LogP contribution in [0.4, 0.5) is 15.9 Å². The van der Waals surface area contributed by atoms with Gasteiger partial charge < -0.3 is 15.1 Å². The molecule has 2 saturated heterocycles.